The average Bonchev–Trinajstić information content (AvgIpc) is 2.63. The summed E-state index contributed by atoms with van der Waals surface area (Å²) in [4.78, 5) is 23.7. The van der Waals surface area contributed by atoms with E-state index in [1.54, 1.807) is 17.9 Å². The van der Waals surface area contributed by atoms with Crippen molar-refractivity contribution in [1.82, 2.24) is 4.90 Å². The summed E-state index contributed by atoms with van der Waals surface area (Å²) in [6, 6.07) is 0. The zero-order valence-corrected chi connectivity index (χ0v) is 9.23. The zero-order chi connectivity index (χ0) is 11.8. The maximum Gasteiger partial charge on any atom is 0.333 e. The number of rotatable bonds is 1. The highest BCUT2D eigenvalue weighted by molar-refractivity contribution is 5.87. The number of piperidine rings is 1. The molecule has 5 nitrogen and oxygen atoms in total. The Balaban J connectivity index is 2.03. The molecule has 0 aromatic heterocycles. The van der Waals surface area contributed by atoms with Crippen molar-refractivity contribution < 1.29 is 19.4 Å². The molecule has 2 heterocycles. The second-order valence-electron chi connectivity index (χ2n) is 4.33. The van der Waals surface area contributed by atoms with E-state index < -0.39 is 11.6 Å². The van der Waals surface area contributed by atoms with E-state index in [2.05, 4.69) is 0 Å². The number of hydrogen-bond acceptors (Lipinski definition) is 3. The molecule has 2 aliphatic heterocycles. The molecular weight excluding hydrogens is 210 g/mol. The molecule has 1 N–H and O–H groups in total. The number of nitrogens with zero attached hydrogens (tertiary/aromatic N) is 1. The fourth-order valence-electron chi connectivity index (χ4n) is 2.23. The van der Waals surface area contributed by atoms with Crippen LogP contribution in [0.3, 0.4) is 0 Å². The summed E-state index contributed by atoms with van der Waals surface area (Å²) >= 11 is 0. The number of carboxylic acid groups (broad SMARTS) is 1. The number of carbonyl (C=O) groups is 2. The number of hydrogen-bond donors (Lipinski definition) is 1. The van der Waals surface area contributed by atoms with Gasteiger partial charge in [0.25, 0.3) is 0 Å². The molecule has 0 aliphatic carbocycles. The smallest absolute Gasteiger partial charge is 0.333 e. The molecule has 88 valence electrons. The molecule has 0 aromatic rings. The molecule has 0 aromatic carbocycles. The molecule has 1 fully saturated rings. The van der Waals surface area contributed by atoms with Gasteiger partial charge in [-0.1, -0.05) is 0 Å². The summed E-state index contributed by atoms with van der Waals surface area (Å²) in [5.41, 5.74) is -0.115. The summed E-state index contributed by atoms with van der Waals surface area (Å²) in [7, 11) is 0. The van der Waals surface area contributed by atoms with Gasteiger partial charge in [0.1, 0.15) is 0 Å². The zero-order valence-electron chi connectivity index (χ0n) is 9.23. The van der Waals surface area contributed by atoms with Crippen LogP contribution in [0.2, 0.25) is 0 Å². The largest absolute Gasteiger partial charge is 0.478 e. The van der Waals surface area contributed by atoms with Crippen LogP contribution >= 0.6 is 0 Å². The Morgan fingerprint density at radius 2 is 2.06 bits per heavy atom. The van der Waals surface area contributed by atoms with Crippen molar-refractivity contribution in [3.05, 3.63) is 11.6 Å². The standard InChI is InChI=1S/C11H15NO4/c1-8(13)12-4-2-11(3-5-12)6-9(7-16-11)10(14)15/h6H,2-5,7H2,1H3,(H,14,15). The van der Waals surface area contributed by atoms with Crippen LogP contribution in [0.4, 0.5) is 0 Å². The van der Waals surface area contributed by atoms with Crippen molar-refractivity contribution in [2.75, 3.05) is 19.7 Å². The number of aliphatic carboxylic acids is 1. The summed E-state index contributed by atoms with van der Waals surface area (Å²) < 4.78 is 5.57. The van der Waals surface area contributed by atoms with Crippen LogP contribution in [0.15, 0.2) is 11.6 Å². The lowest BCUT2D eigenvalue weighted by molar-refractivity contribution is -0.133. The Hall–Kier alpha value is -1.36. The quantitative estimate of drug-likeness (QED) is 0.701. The average molecular weight is 225 g/mol. The summed E-state index contributed by atoms with van der Waals surface area (Å²) in [5, 5.41) is 8.85. The van der Waals surface area contributed by atoms with Gasteiger partial charge in [-0.15, -0.1) is 0 Å². The highest BCUT2D eigenvalue weighted by atomic mass is 16.5. The van der Waals surface area contributed by atoms with Crippen LogP contribution in [0, 0.1) is 0 Å². The van der Waals surface area contributed by atoms with E-state index in [-0.39, 0.29) is 12.5 Å². The first-order valence-electron chi connectivity index (χ1n) is 5.37. The van der Waals surface area contributed by atoms with Gasteiger partial charge in [-0.3, -0.25) is 4.79 Å². The fourth-order valence-corrected chi connectivity index (χ4v) is 2.23. The number of carbonyl (C=O) groups excluding carboxylic acids is 1. The highest BCUT2D eigenvalue weighted by Gasteiger charge is 2.39. The van der Waals surface area contributed by atoms with Crippen LogP contribution < -0.4 is 0 Å². The van der Waals surface area contributed by atoms with Crippen LogP contribution in [-0.4, -0.2) is 47.2 Å². The van der Waals surface area contributed by atoms with E-state index in [4.69, 9.17) is 9.84 Å². The summed E-state index contributed by atoms with van der Waals surface area (Å²) in [6.07, 6.45) is 3.08. The molecule has 1 spiro atoms. The summed E-state index contributed by atoms with van der Waals surface area (Å²) in [5.74, 6) is -0.846. The van der Waals surface area contributed by atoms with Crippen molar-refractivity contribution in [2.24, 2.45) is 0 Å². The summed E-state index contributed by atoms with van der Waals surface area (Å²) in [6.45, 7) is 3.00. The molecule has 1 saturated heterocycles. The van der Waals surface area contributed by atoms with Crippen molar-refractivity contribution in [2.45, 2.75) is 25.4 Å². The van der Waals surface area contributed by atoms with E-state index in [1.165, 1.54) is 0 Å². The minimum atomic E-state index is -0.911. The normalized spacial score (nSPS) is 23.3. The van der Waals surface area contributed by atoms with E-state index >= 15 is 0 Å². The van der Waals surface area contributed by atoms with Gasteiger partial charge in [0.2, 0.25) is 5.91 Å². The van der Waals surface area contributed by atoms with Crippen LogP contribution in [0.1, 0.15) is 19.8 Å². The van der Waals surface area contributed by atoms with E-state index in [0.29, 0.717) is 31.5 Å². The van der Waals surface area contributed by atoms with Crippen molar-refractivity contribution in [1.29, 1.82) is 0 Å². The van der Waals surface area contributed by atoms with Crippen LogP contribution in [0.25, 0.3) is 0 Å². The minimum Gasteiger partial charge on any atom is -0.478 e. The molecular formula is C11H15NO4. The Morgan fingerprint density at radius 3 is 2.50 bits per heavy atom. The molecule has 2 rings (SSSR count). The van der Waals surface area contributed by atoms with Crippen molar-refractivity contribution >= 4 is 11.9 Å². The molecule has 0 bridgehead atoms. The van der Waals surface area contributed by atoms with Gasteiger partial charge in [0.05, 0.1) is 17.8 Å². The SMILES string of the molecule is CC(=O)N1CCC2(C=C(C(=O)O)CO2)CC1. The number of amides is 1. The monoisotopic (exact) mass is 225 g/mol. The maximum absolute atomic E-state index is 11.2. The van der Waals surface area contributed by atoms with Gasteiger partial charge >= 0.3 is 5.97 Å². The molecule has 16 heavy (non-hydrogen) atoms. The van der Waals surface area contributed by atoms with Crippen molar-refractivity contribution in [3.8, 4) is 0 Å². The number of carboxylic acids is 1. The first-order chi connectivity index (χ1) is 7.52. The van der Waals surface area contributed by atoms with Gasteiger partial charge in [0.15, 0.2) is 0 Å². The second kappa shape index (κ2) is 3.90. The molecule has 0 atom stereocenters. The predicted octanol–water partition coefficient (Wildman–Crippen LogP) is 0.409. The lowest BCUT2D eigenvalue weighted by Gasteiger charge is -2.37. The van der Waals surface area contributed by atoms with Gasteiger partial charge < -0.3 is 14.7 Å². The third-order valence-electron chi connectivity index (χ3n) is 3.28. The van der Waals surface area contributed by atoms with Gasteiger partial charge in [-0.2, -0.15) is 0 Å². The number of ether oxygens (including phenoxy) is 1. The first kappa shape index (κ1) is 11.1. The van der Waals surface area contributed by atoms with Crippen LogP contribution in [0.5, 0.6) is 0 Å². The van der Waals surface area contributed by atoms with E-state index in [1.807, 2.05) is 0 Å². The Morgan fingerprint density at radius 1 is 1.44 bits per heavy atom. The van der Waals surface area contributed by atoms with E-state index in [9.17, 15) is 9.59 Å². The predicted molar refractivity (Wildman–Crippen MR) is 55.9 cm³/mol. The molecule has 0 unspecified atom stereocenters. The third kappa shape index (κ3) is 1.95. The third-order valence-corrected chi connectivity index (χ3v) is 3.28. The molecule has 1 amide bonds. The van der Waals surface area contributed by atoms with Gasteiger partial charge in [-0.25, -0.2) is 4.79 Å². The number of likely N-dealkylation sites (tertiary alicyclic amines) is 1. The first-order valence-corrected chi connectivity index (χ1v) is 5.37. The molecule has 5 heteroatoms. The molecule has 0 saturated carbocycles. The Kier molecular flexibility index (Phi) is 2.71. The van der Waals surface area contributed by atoms with Gasteiger partial charge in [0, 0.05) is 20.0 Å². The highest BCUT2D eigenvalue weighted by Crippen LogP contribution is 2.33. The van der Waals surface area contributed by atoms with Gasteiger partial charge in [-0.05, 0) is 18.9 Å². The molecule has 0 radical (unpaired) electrons. The Bertz CT molecular complexity index is 353. The second-order valence-corrected chi connectivity index (χ2v) is 4.33. The molecule has 2 aliphatic rings. The lowest BCUT2D eigenvalue weighted by atomic mass is 9.91. The minimum absolute atomic E-state index is 0.0651. The van der Waals surface area contributed by atoms with Crippen LogP contribution in [-0.2, 0) is 14.3 Å². The Labute approximate surface area is 93.7 Å². The fraction of sp³-hybridized carbons (Fsp3) is 0.636. The van der Waals surface area contributed by atoms with E-state index in [0.717, 1.165) is 0 Å². The lowest BCUT2D eigenvalue weighted by Crippen LogP contribution is -2.45. The topological polar surface area (TPSA) is 66.8 Å². The maximum atomic E-state index is 11.2. The van der Waals surface area contributed by atoms with Crippen molar-refractivity contribution in [3.63, 3.8) is 0 Å².